The molecule has 1 heterocycles. The van der Waals surface area contributed by atoms with E-state index in [0.29, 0.717) is 11.7 Å². The van der Waals surface area contributed by atoms with E-state index in [9.17, 15) is 4.79 Å². The van der Waals surface area contributed by atoms with E-state index in [1.165, 1.54) is 12.0 Å². The number of nitrogens with two attached hydrogens (primary N) is 1. The van der Waals surface area contributed by atoms with Gasteiger partial charge in [0, 0.05) is 18.3 Å². The molecule has 2 aromatic rings. The van der Waals surface area contributed by atoms with Crippen molar-refractivity contribution in [3.05, 3.63) is 47.5 Å². The second-order valence-electron chi connectivity index (χ2n) is 7.42. The van der Waals surface area contributed by atoms with Crippen LogP contribution in [-0.2, 0) is 4.79 Å². The normalized spacial score (nSPS) is 16.9. The summed E-state index contributed by atoms with van der Waals surface area (Å²) in [7, 11) is 0. The van der Waals surface area contributed by atoms with Crippen molar-refractivity contribution in [2.45, 2.75) is 46.1 Å². The van der Waals surface area contributed by atoms with Gasteiger partial charge in [-0.05, 0) is 69.9 Å². The Morgan fingerprint density at radius 3 is 2.78 bits per heavy atom. The van der Waals surface area contributed by atoms with E-state index in [1.807, 2.05) is 50.2 Å². The number of benzene rings is 2. The minimum atomic E-state index is -0.188. The van der Waals surface area contributed by atoms with Gasteiger partial charge in [0.25, 0.3) is 5.91 Å². The lowest BCUT2D eigenvalue weighted by Gasteiger charge is -2.36. The Labute approximate surface area is 161 Å². The lowest BCUT2D eigenvalue weighted by Crippen LogP contribution is -2.38. The Hall–Kier alpha value is -2.69. The van der Waals surface area contributed by atoms with Crippen LogP contribution in [0.25, 0.3) is 0 Å². The summed E-state index contributed by atoms with van der Waals surface area (Å²) in [4.78, 5) is 14.8. The zero-order valence-electron chi connectivity index (χ0n) is 16.4. The molecule has 144 valence electrons. The second kappa shape index (κ2) is 8.33. The van der Waals surface area contributed by atoms with Gasteiger partial charge in [-0.2, -0.15) is 0 Å². The molecule has 1 aliphatic heterocycles. The van der Waals surface area contributed by atoms with Crippen molar-refractivity contribution in [1.82, 2.24) is 0 Å². The van der Waals surface area contributed by atoms with E-state index in [-0.39, 0.29) is 12.5 Å². The fourth-order valence-corrected chi connectivity index (χ4v) is 3.65. The molecule has 0 spiro atoms. The molecule has 27 heavy (non-hydrogen) atoms. The van der Waals surface area contributed by atoms with Crippen molar-refractivity contribution in [3.8, 4) is 5.75 Å². The molecule has 2 aromatic carbocycles. The summed E-state index contributed by atoms with van der Waals surface area (Å²) in [6.45, 7) is 7.20. The molecular weight excluding hydrogens is 338 g/mol. The molecule has 1 aliphatic rings. The Morgan fingerprint density at radius 1 is 1.22 bits per heavy atom. The molecule has 1 atom stereocenters. The van der Waals surface area contributed by atoms with Crippen LogP contribution in [-0.4, -0.2) is 25.1 Å². The summed E-state index contributed by atoms with van der Waals surface area (Å²) in [6.07, 6.45) is 3.57. The molecule has 1 amide bonds. The molecule has 1 saturated heterocycles. The molecule has 0 radical (unpaired) electrons. The van der Waals surface area contributed by atoms with E-state index in [0.717, 1.165) is 42.1 Å². The summed E-state index contributed by atoms with van der Waals surface area (Å²) in [6, 6.07) is 12.1. The first-order valence-corrected chi connectivity index (χ1v) is 9.60. The molecule has 0 aliphatic carbocycles. The Bertz CT molecular complexity index is 819. The van der Waals surface area contributed by atoms with Crippen molar-refractivity contribution in [3.63, 3.8) is 0 Å². The number of ether oxygens (including phenoxy) is 1. The monoisotopic (exact) mass is 367 g/mol. The maximum atomic E-state index is 12.5. The average molecular weight is 367 g/mol. The van der Waals surface area contributed by atoms with Crippen LogP contribution in [0.1, 0.15) is 37.3 Å². The van der Waals surface area contributed by atoms with Gasteiger partial charge < -0.3 is 20.7 Å². The number of aryl methyl sites for hydroxylation is 2. The zero-order chi connectivity index (χ0) is 19.4. The molecule has 3 rings (SSSR count). The zero-order valence-corrected chi connectivity index (χ0v) is 16.4. The third-order valence-electron chi connectivity index (χ3n) is 5.10. The van der Waals surface area contributed by atoms with Crippen LogP contribution >= 0.6 is 0 Å². The summed E-state index contributed by atoms with van der Waals surface area (Å²) < 4.78 is 5.71. The Kier molecular flexibility index (Phi) is 5.89. The predicted molar refractivity (Wildman–Crippen MR) is 112 cm³/mol. The third-order valence-corrected chi connectivity index (χ3v) is 5.10. The first-order chi connectivity index (χ1) is 12.9. The molecular formula is C22H29N3O2. The smallest absolute Gasteiger partial charge is 0.262 e. The topological polar surface area (TPSA) is 67.6 Å². The number of nitrogens with one attached hydrogen (secondary N) is 1. The highest BCUT2D eigenvalue weighted by Crippen LogP contribution is 2.33. The fourth-order valence-electron chi connectivity index (χ4n) is 3.65. The summed E-state index contributed by atoms with van der Waals surface area (Å²) in [5.41, 5.74) is 10.6. The molecule has 5 nitrogen and oxygen atoms in total. The highest BCUT2D eigenvalue weighted by atomic mass is 16.5. The van der Waals surface area contributed by atoms with Gasteiger partial charge in [0.1, 0.15) is 5.75 Å². The van der Waals surface area contributed by atoms with Gasteiger partial charge in [-0.1, -0.05) is 17.7 Å². The van der Waals surface area contributed by atoms with Gasteiger partial charge >= 0.3 is 0 Å². The van der Waals surface area contributed by atoms with Crippen LogP contribution in [0.3, 0.4) is 0 Å². The van der Waals surface area contributed by atoms with Gasteiger partial charge in [0.2, 0.25) is 0 Å². The molecule has 0 bridgehead atoms. The molecule has 5 heteroatoms. The maximum Gasteiger partial charge on any atom is 0.262 e. The van der Waals surface area contributed by atoms with Crippen molar-refractivity contribution in [2.75, 3.05) is 29.1 Å². The number of hydrogen-bond donors (Lipinski definition) is 2. The second-order valence-corrected chi connectivity index (χ2v) is 7.42. The number of hydrogen-bond acceptors (Lipinski definition) is 4. The van der Waals surface area contributed by atoms with Crippen LogP contribution in [0.4, 0.5) is 17.1 Å². The molecule has 0 saturated carbocycles. The predicted octanol–water partition coefficient (Wildman–Crippen LogP) is 4.28. The standard InChI is InChI=1S/C22H29N3O2/c1-15-7-10-21(16(2)12-15)27-14-22(26)24-19-13-18(23)8-9-20(19)25-11-5-4-6-17(25)3/h7-10,12-13,17H,4-6,11,14,23H2,1-3H3,(H,24,26). The lowest BCUT2D eigenvalue weighted by molar-refractivity contribution is -0.118. The van der Waals surface area contributed by atoms with Crippen LogP contribution in [0.15, 0.2) is 36.4 Å². The van der Waals surface area contributed by atoms with E-state index < -0.39 is 0 Å². The van der Waals surface area contributed by atoms with Gasteiger partial charge in [0.15, 0.2) is 6.61 Å². The Balaban J connectivity index is 1.70. The summed E-state index contributed by atoms with van der Waals surface area (Å²) >= 11 is 0. The van der Waals surface area contributed by atoms with E-state index >= 15 is 0 Å². The molecule has 1 unspecified atom stereocenters. The van der Waals surface area contributed by atoms with Gasteiger partial charge in [0.05, 0.1) is 11.4 Å². The highest BCUT2D eigenvalue weighted by Gasteiger charge is 2.21. The summed E-state index contributed by atoms with van der Waals surface area (Å²) in [5.74, 6) is 0.541. The maximum absolute atomic E-state index is 12.5. The quantitative estimate of drug-likeness (QED) is 0.774. The Morgan fingerprint density at radius 2 is 2.04 bits per heavy atom. The average Bonchev–Trinajstić information content (AvgIpc) is 2.62. The van der Waals surface area contributed by atoms with E-state index in [4.69, 9.17) is 10.5 Å². The lowest BCUT2D eigenvalue weighted by atomic mass is 10.0. The highest BCUT2D eigenvalue weighted by molar-refractivity contribution is 5.96. The van der Waals surface area contributed by atoms with Gasteiger partial charge in [-0.15, -0.1) is 0 Å². The third kappa shape index (κ3) is 4.73. The minimum absolute atomic E-state index is 0.0340. The van der Waals surface area contributed by atoms with Gasteiger partial charge in [-0.25, -0.2) is 0 Å². The number of nitrogens with zero attached hydrogens (tertiary/aromatic N) is 1. The largest absolute Gasteiger partial charge is 0.483 e. The first kappa shape index (κ1) is 19.1. The molecule has 0 aromatic heterocycles. The van der Waals surface area contributed by atoms with Crippen LogP contribution < -0.4 is 20.7 Å². The number of carbonyl (C=O) groups excluding carboxylic acids is 1. The number of rotatable bonds is 5. The van der Waals surface area contributed by atoms with Crippen LogP contribution in [0, 0.1) is 13.8 Å². The van der Waals surface area contributed by atoms with Crippen molar-refractivity contribution in [1.29, 1.82) is 0 Å². The van der Waals surface area contributed by atoms with E-state index in [2.05, 4.69) is 17.1 Å². The van der Waals surface area contributed by atoms with Crippen molar-refractivity contribution in [2.24, 2.45) is 0 Å². The fraction of sp³-hybridized carbons (Fsp3) is 0.409. The molecule has 3 N–H and O–H groups in total. The number of amides is 1. The minimum Gasteiger partial charge on any atom is -0.483 e. The number of piperidine rings is 1. The van der Waals surface area contributed by atoms with Crippen LogP contribution in [0.5, 0.6) is 5.75 Å². The number of carbonyl (C=O) groups is 1. The van der Waals surface area contributed by atoms with Crippen LogP contribution in [0.2, 0.25) is 0 Å². The summed E-state index contributed by atoms with van der Waals surface area (Å²) in [5, 5.41) is 2.98. The van der Waals surface area contributed by atoms with Gasteiger partial charge in [-0.3, -0.25) is 4.79 Å². The van der Waals surface area contributed by atoms with Crippen molar-refractivity contribution >= 4 is 23.0 Å². The number of anilines is 3. The molecule has 1 fully saturated rings. The first-order valence-electron chi connectivity index (χ1n) is 9.60. The number of nitrogen functional groups attached to an aromatic ring is 1. The SMILES string of the molecule is Cc1ccc(OCC(=O)Nc2cc(N)ccc2N2CCCCC2C)c(C)c1. The van der Waals surface area contributed by atoms with Crippen molar-refractivity contribution < 1.29 is 9.53 Å². The van der Waals surface area contributed by atoms with E-state index in [1.54, 1.807) is 0 Å².